The molecule has 1 aliphatic rings. The molecule has 1 saturated heterocycles. The van der Waals surface area contributed by atoms with Crippen LogP contribution in [-0.2, 0) is 4.79 Å². The molecule has 138 valence electrons. The summed E-state index contributed by atoms with van der Waals surface area (Å²) in [5.41, 5.74) is 0.941. The second-order valence-electron chi connectivity index (χ2n) is 5.72. The molecule has 1 fully saturated rings. The van der Waals surface area contributed by atoms with Crippen LogP contribution in [0.25, 0.3) is 0 Å². The van der Waals surface area contributed by atoms with Crippen molar-refractivity contribution in [3.63, 3.8) is 0 Å². The van der Waals surface area contributed by atoms with Gasteiger partial charge in [-0.05, 0) is 36.4 Å². The number of nitrogens with zero attached hydrogens (tertiary/aromatic N) is 2. The molecule has 0 aliphatic carbocycles. The van der Waals surface area contributed by atoms with E-state index in [9.17, 15) is 14.0 Å². The number of hydrogen-bond donors (Lipinski definition) is 1. The summed E-state index contributed by atoms with van der Waals surface area (Å²) in [4.78, 5) is 26.7. The SMILES string of the molecule is N#Cc1ccc(NC(=O)C2CSCN2C(=O)c2cc(F)c(Cl)cc2Cl)cc1. The molecule has 1 unspecified atom stereocenters. The average molecular weight is 424 g/mol. The fraction of sp³-hybridized carbons (Fsp3) is 0.167. The van der Waals surface area contributed by atoms with Gasteiger partial charge >= 0.3 is 0 Å². The molecule has 0 bridgehead atoms. The fourth-order valence-corrected chi connectivity index (χ4v) is 4.17. The Bertz CT molecular complexity index is 947. The van der Waals surface area contributed by atoms with Gasteiger partial charge in [0.25, 0.3) is 5.91 Å². The Morgan fingerprint density at radius 3 is 2.59 bits per heavy atom. The molecule has 27 heavy (non-hydrogen) atoms. The van der Waals surface area contributed by atoms with Crippen molar-refractivity contribution in [3.05, 3.63) is 63.4 Å². The van der Waals surface area contributed by atoms with Gasteiger partial charge in [0.15, 0.2) is 0 Å². The second-order valence-corrected chi connectivity index (χ2v) is 7.53. The number of carbonyl (C=O) groups excluding carboxylic acids is 2. The lowest BCUT2D eigenvalue weighted by Crippen LogP contribution is -2.44. The van der Waals surface area contributed by atoms with E-state index in [0.29, 0.717) is 17.0 Å². The number of nitriles is 1. The van der Waals surface area contributed by atoms with Crippen LogP contribution in [0.5, 0.6) is 0 Å². The van der Waals surface area contributed by atoms with Gasteiger partial charge in [-0.1, -0.05) is 23.2 Å². The number of halogens is 3. The van der Waals surface area contributed by atoms with Crippen LogP contribution in [-0.4, -0.2) is 34.4 Å². The Morgan fingerprint density at radius 1 is 1.22 bits per heavy atom. The van der Waals surface area contributed by atoms with Crippen LogP contribution in [0.3, 0.4) is 0 Å². The van der Waals surface area contributed by atoms with Crippen molar-refractivity contribution in [3.8, 4) is 6.07 Å². The largest absolute Gasteiger partial charge is 0.324 e. The zero-order chi connectivity index (χ0) is 19.6. The quantitative estimate of drug-likeness (QED) is 0.752. The molecular weight excluding hydrogens is 412 g/mol. The summed E-state index contributed by atoms with van der Waals surface area (Å²) in [5, 5.41) is 11.4. The van der Waals surface area contributed by atoms with Crippen molar-refractivity contribution in [2.24, 2.45) is 0 Å². The monoisotopic (exact) mass is 423 g/mol. The van der Waals surface area contributed by atoms with Crippen molar-refractivity contribution in [1.29, 1.82) is 5.26 Å². The first-order chi connectivity index (χ1) is 12.9. The fourth-order valence-electron chi connectivity index (χ4n) is 2.55. The van der Waals surface area contributed by atoms with Gasteiger partial charge in [-0.25, -0.2) is 4.39 Å². The van der Waals surface area contributed by atoms with Crippen LogP contribution >= 0.6 is 35.0 Å². The van der Waals surface area contributed by atoms with Crippen LogP contribution in [0.1, 0.15) is 15.9 Å². The van der Waals surface area contributed by atoms with E-state index in [1.54, 1.807) is 24.3 Å². The zero-order valence-corrected chi connectivity index (χ0v) is 16.0. The van der Waals surface area contributed by atoms with Crippen molar-refractivity contribution in [2.45, 2.75) is 6.04 Å². The van der Waals surface area contributed by atoms with Crippen LogP contribution in [0.15, 0.2) is 36.4 Å². The van der Waals surface area contributed by atoms with Crippen molar-refractivity contribution in [2.75, 3.05) is 16.9 Å². The molecule has 2 aromatic carbocycles. The van der Waals surface area contributed by atoms with Crippen LogP contribution in [0, 0.1) is 17.1 Å². The first kappa shape index (κ1) is 19.5. The Morgan fingerprint density at radius 2 is 1.93 bits per heavy atom. The minimum atomic E-state index is -0.755. The molecular formula is C18H12Cl2FN3O2S. The highest BCUT2D eigenvalue weighted by Crippen LogP contribution is 2.29. The molecule has 2 amide bonds. The summed E-state index contributed by atoms with van der Waals surface area (Å²) in [6.07, 6.45) is 0. The summed E-state index contributed by atoms with van der Waals surface area (Å²) in [5.74, 6) is -0.981. The molecule has 0 spiro atoms. The van der Waals surface area contributed by atoms with E-state index in [1.165, 1.54) is 22.7 Å². The third-order valence-electron chi connectivity index (χ3n) is 3.97. The smallest absolute Gasteiger partial charge is 0.256 e. The van der Waals surface area contributed by atoms with E-state index in [0.717, 1.165) is 6.07 Å². The lowest BCUT2D eigenvalue weighted by molar-refractivity contribution is -0.119. The summed E-state index contributed by atoms with van der Waals surface area (Å²) < 4.78 is 13.7. The van der Waals surface area contributed by atoms with Gasteiger partial charge in [0, 0.05) is 11.4 Å². The average Bonchev–Trinajstić information content (AvgIpc) is 3.14. The lowest BCUT2D eigenvalue weighted by atomic mass is 10.1. The summed E-state index contributed by atoms with van der Waals surface area (Å²) >= 11 is 13.1. The summed E-state index contributed by atoms with van der Waals surface area (Å²) in [6, 6.07) is 9.79. The minimum Gasteiger partial charge on any atom is -0.324 e. The van der Waals surface area contributed by atoms with Gasteiger partial charge in [-0.2, -0.15) is 5.26 Å². The molecule has 0 aromatic heterocycles. The Labute approximate surface area is 169 Å². The minimum absolute atomic E-state index is 0.0227. The van der Waals surface area contributed by atoms with Crippen molar-refractivity contribution < 1.29 is 14.0 Å². The summed E-state index contributed by atoms with van der Waals surface area (Å²) in [7, 11) is 0. The number of anilines is 1. The summed E-state index contributed by atoms with van der Waals surface area (Å²) in [6.45, 7) is 0. The highest BCUT2D eigenvalue weighted by atomic mass is 35.5. The predicted molar refractivity (Wildman–Crippen MR) is 103 cm³/mol. The highest BCUT2D eigenvalue weighted by Gasteiger charge is 2.36. The van der Waals surface area contributed by atoms with Gasteiger partial charge < -0.3 is 10.2 Å². The molecule has 1 aliphatic heterocycles. The molecule has 0 saturated carbocycles. The maximum atomic E-state index is 13.7. The van der Waals surface area contributed by atoms with Gasteiger partial charge in [0.05, 0.1) is 33.1 Å². The van der Waals surface area contributed by atoms with E-state index in [1.807, 2.05) is 6.07 Å². The van der Waals surface area contributed by atoms with E-state index < -0.39 is 17.8 Å². The number of nitrogens with one attached hydrogen (secondary N) is 1. The van der Waals surface area contributed by atoms with E-state index in [4.69, 9.17) is 28.5 Å². The van der Waals surface area contributed by atoms with E-state index in [2.05, 4.69) is 5.32 Å². The molecule has 9 heteroatoms. The number of thioether (sulfide) groups is 1. The number of benzene rings is 2. The van der Waals surface area contributed by atoms with Crippen molar-refractivity contribution >= 4 is 52.5 Å². The topological polar surface area (TPSA) is 73.2 Å². The van der Waals surface area contributed by atoms with Crippen LogP contribution in [0.4, 0.5) is 10.1 Å². The Balaban J connectivity index is 1.78. The maximum absolute atomic E-state index is 13.7. The standard InChI is InChI=1S/C18H12Cl2FN3O2S/c19-13-6-14(20)15(21)5-12(13)18(26)24-9-27-8-16(24)17(25)23-11-3-1-10(7-22)2-4-11/h1-6,16H,8-9H2,(H,23,25). The predicted octanol–water partition coefficient (Wildman–Crippen LogP) is 4.16. The number of carbonyl (C=O) groups is 2. The van der Waals surface area contributed by atoms with Crippen molar-refractivity contribution in [1.82, 2.24) is 4.90 Å². The third-order valence-corrected chi connectivity index (χ3v) is 5.58. The maximum Gasteiger partial charge on any atom is 0.256 e. The second kappa shape index (κ2) is 8.17. The molecule has 3 rings (SSSR count). The number of rotatable bonds is 3. The number of hydrogen-bond acceptors (Lipinski definition) is 4. The lowest BCUT2D eigenvalue weighted by Gasteiger charge is -2.23. The van der Waals surface area contributed by atoms with E-state index in [-0.39, 0.29) is 27.4 Å². The number of amides is 2. The molecule has 0 radical (unpaired) electrons. The molecule has 2 aromatic rings. The zero-order valence-electron chi connectivity index (χ0n) is 13.7. The third kappa shape index (κ3) is 4.19. The van der Waals surface area contributed by atoms with Gasteiger partial charge in [0.2, 0.25) is 5.91 Å². The van der Waals surface area contributed by atoms with Gasteiger partial charge in [-0.3, -0.25) is 9.59 Å². The van der Waals surface area contributed by atoms with Crippen LogP contribution in [0.2, 0.25) is 10.0 Å². The Hall–Kier alpha value is -2.27. The highest BCUT2D eigenvalue weighted by molar-refractivity contribution is 7.99. The first-order valence-corrected chi connectivity index (χ1v) is 9.66. The molecule has 5 nitrogen and oxygen atoms in total. The Kier molecular flexibility index (Phi) is 5.90. The first-order valence-electron chi connectivity index (χ1n) is 7.75. The van der Waals surface area contributed by atoms with Crippen LogP contribution < -0.4 is 5.32 Å². The normalized spacial score (nSPS) is 16.1. The van der Waals surface area contributed by atoms with E-state index >= 15 is 0 Å². The van der Waals surface area contributed by atoms with Gasteiger partial charge in [0.1, 0.15) is 11.9 Å². The molecule has 1 atom stereocenters. The molecule has 1 heterocycles. The van der Waals surface area contributed by atoms with Gasteiger partial charge in [-0.15, -0.1) is 11.8 Å². The molecule has 1 N–H and O–H groups in total.